The minimum Gasteiger partial charge on any atom is -0.281 e. The van der Waals surface area contributed by atoms with E-state index >= 15 is 0 Å². The quantitative estimate of drug-likeness (QED) is 0.401. The van der Waals surface area contributed by atoms with Crippen LogP contribution in [0.3, 0.4) is 0 Å². The van der Waals surface area contributed by atoms with Crippen LogP contribution < -0.4 is 0 Å². The Hall–Kier alpha value is -0.300. The molecule has 0 radical (unpaired) electrons. The van der Waals surface area contributed by atoms with Crippen molar-refractivity contribution in [2.24, 2.45) is 17.8 Å². The van der Waals surface area contributed by atoms with Crippen molar-refractivity contribution in [2.45, 2.75) is 6.42 Å². The summed E-state index contributed by atoms with van der Waals surface area (Å²) in [5.41, 5.74) is 0. The van der Waals surface area contributed by atoms with Crippen LogP contribution >= 0.6 is 11.6 Å². The van der Waals surface area contributed by atoms with Gasteiger partial charge in [0.2, 0.25) is 5.24 Å². The lowest BCUT2D eigenvalue weighted by Gasteiger charge is -1.87. The van der Waals surface area contributed by atoms with Crippen molar-refractivity contribution in [3.05, 3.63) is 12.2 Å². The van der Waals surface area contributed by atoms with Gasteiger partial charge in [-0.05, 0) is 29.9 Å². The second-order valence-corrected chi connectivity index (χ2v) is 3.11. The van der Waals surface area contributed by atoms with Crippen LogP contribution in [0, 0.1) is 17.8 Å². The minimum absolute atomic E-state index is 0.144. The van der Waals surface area contributed by atoms with Crippen molar-refractivity contribution in [2.75, 3.05) is 0 Å². The summed E-state index contributed by atoms with van der Waals surface area (Å²) in [6.45, 7) is 0. The maximum absolute atomic E-state index is 10.6. The highest BCUT2D eigenvalue weighted by Gasteiger charge is 2.53. The highest BCUT2D eigenvalue weighted by atomic mass is 35.5. The van der Waals surface area contributed by atoms with E-state index in [1.165, 1.54) is 0 Å². The fourth-order valence-electron chi connectivity index (χ4n) is 1.68. The van der Waals surface area contributed by atoms with Crippen LogP contribution in [0.4, 0.5) is 0 Å². The molecule has 0 spiro atoms. The van der Waals surface area contributed by atoms with E-state index in [-0.39, 0.29) is 11.2 Å². The van der Waals surface area contributed by atoms with Crippen molar-refractivity contribution in [3.63, 3.8) is 0 Å². The third kappa shape index (κ3) is 0.645. The van der Waals surface area contributed by atoms with Gasteiger partial charge in [0.1, 0.15) is 0 Å². The van der Waals surface area contributed by atoms with Gasteiger partial charge in [0.05, 0.1) is 0 Å². The summed E-state index contributed by atoms with van der Waals surface area (Å²) in [6, 6.07) is 0. The molecule has 0 heterocycles. The molecule has 2 rings (SSSR count). The minimum atomic E-state index is -0.144. The van der Waals surface area contributed by atoms with E-state index in [0.717, 1.165) is 6.42 Å². The Labute approximate surface area is 58.7 Å². The molecule has 3 atom stereocenters. The molecule has 0 aliphatic heterocycles. The van der Waals surface area contributed by atoms with Crippen molar-refractivity contribution in [3.8, 4) is 0 Å². The number of rotatable bonds is 1. The summed E-state index contributed by atoms with van der Waals surface area (Å²) in [4.78, 5) is 10.6. The Morgan fingerprint density at radius 2 is 2.44 bits per heavy atom. The van der Waals surface area contributed by atoms with Gasteiger partial charge in [0.25, 0.3) is 0 Å². The summed E-state index contributed by atoms with van der Waals surface area (Å²) >= 11 is 5.30. The molecule has 2 aliphatic carbocycles. The van der Waals surface area contributed by atoms with E-state index in [9.17, 15) is 4.79 Å². The smallest absolute Gasteiger partial charge is 0.225 e. The molecule has 9 heavy (non-hydrogen) atoms. The number of hydrogen-bond donors (Lipinski definition) is 0. The Morgan fingerprint density at radius 3 is 2.78 bits per heavy atom. The molecule has 0 aromatic heterocycles. The van der Waals surface area contributed by atoms with Gasteiger partial charge in [-0.1, -0.05) is 12.2 Å². The lowest BCUT2D eigenvalue weighted by molar-refractivity contribution is -0.113. The Kier molecular flexibility index (Phi) is 0.974. The van der Waals surface area contributed by atoms with E-state index in [0.29, 0.717) is 11.8 Å². The molecule has 1 nitrogen and oxygen atoms in total. The molecule has 0 saturated heterocycles. The molecule has 0 N–H and O–H groups in total. The summed E-state index contributed by atoms with van der Waals surface area (Å²) < 4.78 is 0. The molecule has 2 aliphatic rings. The third-order valence-electron chi connectivity index (χ3n) is 2.26. The highest BCUT2D eigenvalue weighted by molar-refractivity contribution is 6.64. The second-order valence-electron chi connectivity index (χ2n) is 2.73. The summed E-state index contributed by atoms with van der Waals surface area (Å²) in [5.74, 6) is 1.27. The Bertz CT molecular complexity index is 185. The van der Waals surface area contributed by atoms with Crippen molar-refractivity contribution < 1.29 is 4.79 Å². The van der Waals surface area contributed by atoms with Crippen molar-refractivity contribution >= 4 is 16.8 Å². The molecule has 48 valence electrons. The molecule has 0 aromatic rings. The average molecular weight is 143 g/mol. The summed E-state index contributed by atoms with van der Waals surface area (Å²) in [6.07, 6.45) is 5.30. The van der Waals surface area contributed by atoms with Gasteiger partial charge >= 0.3 is 0 Å². The average Bonchev–Trinajstić information content (AvgIpc) is 2.30. The number of carbonyl (C=O) groups is 1. The lowest BCUT2D eigenvalue weighted by Crippen LogP contribution is -1.93. The standard InChI is InChI=1S/C7H7ClO/c8-7(9)6-4-2-1-3-5(4)6/h1-2,4-6H,3H2/t4-,5+,6-/m1/s1. The first kappa shape index (κ1) is 5.48. The zero-order valence-corrected chi connectivity index (χ0v) is 5.64. The Morgan fingerprint density at radius 1 is 1.67 bits per heavy atom. The van der Waals surface area contributed by atoms with E-state index in [1.54, 1.807) is 0 Å². The van der Waals surface area contributed by atoms with Gasteiger partial charge in [0, 0.05) is 5.92 Å². The second kappa shape index (κ2) is 1.60. The fraction of sp³-hybridized carbons (Fsp3) is 0.571. The molecule has 0 unspecified atom stereocenters. The summed E-state index contributed by atoms with van der Waals surface area (Å²) in [7, 11) is 0. The van der Waals surface area contributed by atoms with Gasteiger partial charge in [0.15, 0.2) is 0 Å². The maximum atomic E-state index is 10.6. The van der Waals surface area contributed by atoms with E-state index in [2.05, 4.69) is 12.2 Å². The number of allylic oxidation sites excluding steroid dienone is 2. The van der Waals surface area contributed by atoms with Crippen LogP contribution in [0.1, 0.15) is 6.42 Å². The lowest BCUT2D eigenvalue weighted by atomic mass is 10.2. The largest absolute Gasteiger partial charge is 0.281 e. The van der Waals surface area contributed by atoms with Crippen LogP contribution in [0.2, 0.25) is 0 Å². The molecule has 1 saturated carbocycles. The number of fused-ring (bicyclic) bond motifs is 1. The molecule has 0 amide bonds. The van der Waals surface area contributed by atoms with Gasteiger partial charge < -0.3 is 0 Å². The van der Waals surface area contributed by atoms with Crippen molar-refractivity contribution in [1.82, 2.24) is 0 Å². The maximum Gasteiger partial charge on any atom is 0.225 e. The van der Waals surface area contributed by atoms with Crippen LogP contribution in [0.5, 0.6) is 0 Å². The van der Waals surface area contributed by atoms with E-state index in [1.807, 2.05) is 0 Å². The van der Waals surface area contributed by atoms with Crippen LogP contribution in [-0.4, -0.2) is 5.24 Å². The monoisotopic (exact) mass is 142 g/mol. The van der Waals surface area contributed by atoms with Gasteiger partial charge in [-0.15, -0.1) is 0 Å². The van der Waals surface area contributed by atoms with Gasteiger partial charge in [-0.2, -0.15) is 0 Å². The number of carbonyl (C=O) groups excluding carboxylic acids is 1. The molecule has 2 heteroatoms. The van der Waals surface area contributed by atoms with Gasteiger partial charge in [-0.25, -0.2) is 0 Å². The van der Waals surface area contributed by atoms with E-state index in [4.69, 9.17) is 11.6 Å². The Balaban J connectivity index is 2.10. The fourth-order valence-corrected chi connectivity index (χ4v) is 1.99. The first-order chi connectivity index (χ1) is 4.30. The first-order valence-corrected chi connectivity index (χ1v) is 3.54. The van der Waals surface area contributed by atoms with Crippen LogP contribution in [0.15, 0.2) is 12.2 Å². The number of halogens is 1. The molecule has 0 bridgehead atoms. The highest BCUT2D eigenvalue weighted by Crippen LogP contribution is 2.54. The van der Waals surface area contributed by atoms with Crippen LogP contribution in [0.25, 0.3) is 0 Å². The SMILES string of the molecule is O=C(Cl)[C@@H]1[C@@H]2C=CC[C@@H]21. The zero-order valence-electron chi connectivity index (χ0n) is 4.88. The van der Waals surface area contributed by atoms with E-state index < -0.39 is 0 Å². The zero-order chi connectivity index (χ0) is 6.43. The molecule has 0 aromatic carbocycles. The predicted molar refractivity (Wildman–Crippen MR) is 35.1 cm³/mol. The summed E-state index contributed by atoms with van der Waals surface area (Å²) in [5, 5.41) is -0.144. The molecule has 1 fully saturated rings. The number of hydrogen-bond acceptors (Lipinski definition) is 1. The normalized spacial score (nSPS) is 44.8. The van der Waals surface area contributed by atoms with Crippen LogP contribution in [-0.2, 0) is 4.79 Å². The van der Waals surface area contributed by atoms with Crippen molar-refractivity contribution in [1.29, 1.82) is 0 Å². The third-order valence-corrected chi connectivity index (χ3v) is 2.51. The topological polar surface area (TPSA) is 17.1 Å². The predicted octanol–water partition coefficient (Wildman–Crippen LogP) is 1.57. The molecular weight excluding hydrogens is 136 g/mol. The van der Waals surface area contributed by atoms with Gasteiger partial charge in [-0.3, -0.25) is 4.79 Å². The molecular formula is C7H7ClO. The first-order valence-electron chi connectivity index (χ1n) is 3.16.